The molecule has 4 nitrogen and oxygen atoms in total. The summed E-state index contributed by atoms with van der Waals surface area (Å²) in [6, 6.07) is 7.44. The second-order valence-corrected chi connectivity index (χ2v) is 6.40. The highest BCUT2D eigenvalue weighted by molar-refractivity contribution is 7.08. The van der Waals surface area contributed by atoms with Crippen molar-refractivity contribution < 1.29 is 14.3 Å². The molecule has 0 spiro atoms. The summed E-state index contributed by atoms with van der Waals surface area (Å²) in [4.78, 5) is 11.8. The number of amides is 1. The first-order valence-corrected chi connectivity index (χ1v) is 8.69. The summed E-state index contributed by atoms with van der Waals surface area (Å²) in [5.41, 5.74) is 1.97. The van der Waals surface area contributed by atoms with Crippen molar-refractivity contribution in [2.24, 2.45) is 0 Å². The number of aliphatic hydroxyl groups is 1. The Morgan fingerprint density at radius 1 is 1.18 bits per heavy atom. The lowest BCUT2D eigenvalue weighted by Gasteiger charge is -2.09. The Morgan fingerprint density at radius 3 is 2.73 bits per heavy atom. The lowest BCUT2D eigenvalue weighted by atomic mass is 10.2. The molecular formula is C16H15NO3S2. The third-order valence-corrected chi connectivity index (χ3v) is 4.61. The van der Waals surface area contributed by atoms with Gasteiger partial charge in [-0.25, -0.2) is 0 Å². The third-order valence-electron chi connectivity index (χ3n) is 3.20. The Balaban J connectivity index is 1.53. The molecule has 0 aromatic carbocycles. The maximum absolute atomic E-state index is 11.8. The van der Waals surface area contributed by atoms with Crippen molar-refractivity contribution in [2.75, 3.05) is 6.54 Å². The van der Waals surface area contributed by atoms with Crippen molar-refractivity contribution >= 4 is 28.6 Å². The molecule has 0 aliphatic heterocycles. The highest BCUT2D eigenvalue weighted by atomic mass is 32.1. The van der Waals surface area contributed by atoms with Crippen LogP contribution in [0.1, 0.15) is 17.4 Å². The largest absolute Gasteiger partial charge is 0.458 e. The number of thiophene rings is 2. The average molecular weight is 333 g/mol. The molecular weight excluding hydrogens is 318 g/mol. The minimum atomic E-state index is -0.848. The Morgan fingerprint density at radius 2 is 2.00 bits per heavy atom. The van der Waals surface area contributed by atoms with E-state index in [2.05, 4.69) is 5.32 Å². The molecule has 0 aliphatic carbocycles. The van der Waals surface area contributed by atoms with Crippen molar-refractivity contribution in [3.63, 3.8) is 0 Å². The summed E-state index contributed by atoms with van der Waals surface area (Å²) in [6.07, 6.45) is -0.520. The fraction of sp³-hybridized carbons (Fsp3) is 0.188. The molecule has 3 aromatic rings. The minimum absolute atomic E-state index is 0.109. The monoisotopic (exact) mass is 333 g/mol. The Kier molecular flexibility index (Phi) is 4.72. The molecule has 22 heavy (non-hydrogen) atoms. The van der Waals surface area contributed by atoms with Crippen LogP contribution in [0.4, 0.5) is 0 Å². The average Bonchev–Trinajstić information content (AvgIpc) is 3.23. The van der Waals surface area contributed by atoms with Gasteiger partial charge in [-0.05, 0) is 46.0 Å². The molecule has 0 saturated heterocycles. The first kappa shape index (κ1) is 15.0. The van der Waals surface area contributed by atoms with Crippen LogP contribution >= 0.6 is 22.7 Å². The van der Waals surface area contributed by atoms with Gasteiger partial charge >= 0.3 is 0 Å². The first-order valence-electron chi connectivity index (χ1n) is 6.80. The Hall–Kier alpha value is -1.89. The molecule has 0 bridgehead atoms. The van der Waals surface area contributed by atoms with Crippen LogP contribution in [0, 0.1) is 0 Å². The molecule has 6 heteroatoms. The second-order valence-electron chi connectivity index (χ2n) is 4.84. The molecule has 0 fully saturated rings. The lowest BCUT2D eigenvalue weighted by molar-refractivity contribution is -0.120. The van der Waals surface area contributed by atoms with E-state index in [-0.39, 0.29) is 12.5 Å². The standard InChI is InChI=1S/C16H15NO3S2/c18-13(8-17-16(19)7-11-3-5-21-9-11)15-2-1-14(20-15)12-4-6-22-10-12/h1-6,9-10,13,18H,7-8H2,(H,17,19)/t13-/m0/s1. The van der Waals surface area contributed by atoms with E-state index in [0.29, 0.717) is 12.2 Å². The molecule has 3 rings (SSSR count). The van der Waals surface area contributed by atoms with E-state index >= 15 is 0 Å². The number of rotatable bonds is 6. The van der Waals surface area contributed by atoms with E-state index in [1.54, 1.807) is 28.7 Å². The van der Waals surface area contributed by atoms with Gasteiger partial charge in [0.15, 0.2) is 0 Å². The Bertz CT molecular complexity index is 717. The van der Waals surface area contributed by atoms with E-state index in [1.165, 1.54) is 0 Å². The molecule has 0 unspecified atom stereocenters. The highest BCUT2D eigenvalue weighted by Gasteiger charge is 2.15. The number of furan rings is 1. The van der Waals surface area contributed by atoms with Crippen molar-refractivity contribution in [1.82, 2.24) is 5.32 Å². The van der Waals surface area contributed by atoms with Crippen LogP contribution in [-0.4, -0.2) is 17.6 Å². The van der Waals surface area contributed by atoms with E-state index in [9.17, 15) is 9.90 Å². The van der Waals surface area contributed by atoms with E-state index < -0.39 is 6.10 Å². The van der Waals surface area contributed by atoms with Crippen molar-refractivity contribution in [1.29, 1.82) is 0 Å². The van der Waals surface area contributed by atoms with E-state index in [0.717, 1.165) is 16.9 Å². The molecule has 1 atom stereocenters. The van der Waals surface area contributed by atoms with Crippen LogP contribution in [0.25, 0.3) is 11.3 Å². The number of carbonyl (C=O) groups excluding carboxylic acids is 1. The van der Waals surface area contributed by atoms with Crippen LogP contribution in [0.3, 0.4) is 0 Å². The van der Waals surface area contributed by atoms with Crippen LogP contribution < -0.4 is 5.32 Å². The first-order chi connectivity index (χ1) is 10.7. The molecule has 3 heterocycles. The van der Waals surface area contributed by atoms with Crippen molar-refractivity contribution in [3.05, 3.63) is 57.1 Å². The van der Waals surface area contributed by atoms with Gasteiger partial charge in [0.05, 0.1) is 13.0 Å². The van der Waals surface area contributed by atoms with E-state index in [1.807, 2.05) is 39.7 Å². The van der Waals surface area contributed by atoms with Gasteiger partial charge in [-0.3, -0.25) is 4.79 Å². The fourth-order valence-electron chi connectivity index (χ4n) is 2.04. The maximum atomic E-state index is 11.8. The van der Waals surface area contributed by atoms with Gasteiger partial charge in [0.1, 0.15) is 17.6 Å². The van der Waals surface area contributed by atoms with Gasteiger partial charge in [-0.1, -0.05) is 0 Å². The van der Waals surface area contributed by atoms with Crippen molar-refractivity contribution in [3.8, 4) is 11.3 Å². The van der Waals surface area contributed by atoms with Crippen molar-refractivity contribution in [2.45, 2.75) is 12.5 Å². The van der Waals surface area contributed by atoms with Crippen LogP contribution in [0.5, 0.6) is 0 Å². The summed E-state index contributed by atoms with van der Waals surface area (Å²) in [7, 11) is 0. The molecule has 0 aliphatic rings. The topological polar surface area (TPSA) is 62.5 Å². The third kappa shape index (κ3) is 3.65. The summed E-state index contributed by atoms with van der Waals surface area (Å²) in [6.45, 7) is 0.138. The maximum Gasteiger partial charge on any atom is 0.224 e. The Labute approximate surface area is 136 Å². The predicted molar refractivity (Wildman–Crippen MR) is 88.0 cm³/mol. The predicted octanol–water partition coefficient (Wildman–Crippen LogP) is 3.46. The molecule has 0 saturated carbocycles. The fourth-order valence-corrected chi connectivity index (χ4v) is 3.36. The van der Waals surface area contributed by atoms with Gasteiger partial charge in [0.25, 0.3) is 0 Å². The van der Waals surface area contributed by atoms with Gasteiger partial charge < -0.3 is 14.8 Å². The molecule has 0 radical (unpaired) electrons. The number of nitrogens with one attached hydrogen (secondary N) is 1. The van der Waals surface area contributed by atoms with Gasteiger partial charge in [-0.2, -0.15) is 22.7 Å². The summed E-state index contributed by atoms with van der Waals surface area (Å²) < 4.78 is 5.64. The molecule has 2 N–H and O–H groups in total. The molecule has 1 amide bonds. The zero-order chi connectivity index (χ0) is 15.4. The smallest absolute Gasteiger partial charge is 0.224 e. The SMILES string of the molecule is O=C(Cc1ccsc1)NC[C@H](O)c1ccc(-c2ccsc2)o1. The quantitative estimate of drug-likeness (QED) is 0.726. The summed E-state index contributed by atoms with van der Waals surface area (Å²) >= 11 is 3.15. The summed E-state index contributed by atoms with van der Waals surface area (Å²) in [5.74, 6) is 1.07. The number of hydrogen-bond acceptors (Lipinski definition) is 5. The zero-order valence-corrected chi connectivity index (χ0v) is 13.3. The highest BCUT2D eigenvalue weighted by Crippen LogP contribution is 2.26. The van der Waals surface area contributed by atoms with Crippen LogP contribution in [-0.2, 0) is 11.2 Å². The number of hydrogen-bond donors (Lipinski definition) is 2. The molecule has 3 aromatic heterocycles. The molecule has 114 valence electrons. The minimum Gasteiger partial charge on any atom is -0.458 e. The van der Waals surface area contributed by atoms with E-state index in [4.69, 9.17) is 4.42 Å². The van der Waals surface area contributed by atoms with Crippen LogP contribution in [0.2, 0.25) is 0 Å². The normalized spacial score (nSPS) is 12.2. The van der Waals surface area contributed by atoms with Gasteiger partial charge in [-0.15, -0.1) is 0 Å². The van der Waals surface area contributed by atoms with Gasteiger partial charge in [0.2, 0.25) is 5.91 Å². The van der Waals surface area contributed by atoms with Crippen LogP contribution in [0.15, 0.2) is 50.2 Å². The second kappa shape index (κ2) is 6.91. The zero-order valence-electron chi connectivity index (χ0n) is 11.7. The summed E-state index contributed by atoms with van der Waals surface area (Å²) in [5, 5.41) is 20.7. The lowest BCUT2D eigenvalue weighted by Crippen LogP contribution is -2.29. The number of carbonyl (C=O) groups is 1. The van der Waals surface area contributed by atoms with Gasteiger partial charge in [0, 0.05) is 10.9 Å². The number of aliphatic hydroxyl groups excluding tert-OH is 1.